The Morgan fingerprint density at radius 1 is 1.07 bits per heavy atom. The summed E-state index contributed by atoms with van der Waals surface area (Å²) in [5.41, 5.74) is 0. The van der Waals surface area contributed by atoms with Gasteiger partial charge in [-0.05, 0) is 5.92 Å². The van der Waals surface area contributed by atoms with E-state index in [1.54, 1.807) is 0 Å². The molecule has 0 fully saturated rings. The predicted octanol–water partition coefficient (Wildman–Crippen LogP) is -0.919. The maximum Gasteiger partial charge on any atom is 0.139 e. The largest absolute Gasteiger partial charge is 0.378 e. The Morgan fingerprint density at radius 3 is 2.47 bits per heavy atom. The second-order valence-electron chi connectivity index (χ2n) is 3.31. The molecule has 0 bridgehead atoms. The molecule has 0 saturated carbocycles. The van der Waals surface area contributed by atoms with Gasteiger partial charge in [-0.15, -0.1) is 0 Å². The number of quaternary nitrogens is 1. The van der Waals surface area contributed by atoms with Crippen LogP contribution in [0.5, 0.6) is 0 Å². The van der Waals surface area contributed by atoms with E-state index >= 15 is 0 Å². The molecule has 0 heterocycles. The highest BCUT2D eigenvalue weighted by molar-refractivity contribution is 4.98. The van der Waals surface area contributed by atoms with Gasteiger partial charge in [0.1, 0.15) is 13.2 Å². The highest BCUT2D eigenvalue weighted by Gasteiger charge is 1.88. The number of hydrogen-bond donors (Lipinski definition) is 1. The molecule has 0 saturated heterocycles. The topological polar surface area (TPSA) is 46.7 Å². The van der Waals surface area contributed by atoms with Crippen molar-refractivity contribution in [1.29, 1.82) is 5.26 Å². The van der Waals surface area contributed by atoms with Crippen LogP contribution in [0.25, 0.3) is 0 Å². The molecule has 0 aliphatic heterocycles. The van der Waals surface area contributed by atoms with E-state index in [2.05, 4.69) is 25.9 Å². The third kappa shape index (κ3) is 12.9. The van der Waals surface area contributed by atoms with Crippen LogP contribution >= 0.6 is 0 Å². The second-order valence-corrected chi connectivity index (χ2v) is 3.31. The van der Waals surface area contributed by atoms with E-state index in [-0.39, 0.29) is 0 Å². The molecule has 4 nitrogen and oxygen atoms in total. The number of nitrogens with one attached hydrogen (secondary N) is 1. The van der Waals surface area contributed by atoms with Gasteiger partial charge in [-0.2, -0.15) is 5.26 Å². The number of hydrogen-bond acceptors (Lipinski definition) is 3. The van der Waals surface area contributed by atoms with Crippen LogP contribution in [0.3, 0.4) is 0 Å². The molecule has 4 heteroatoms. The van der Waals surface area contributed by atoms with Crippen LogP contribution in [0.4, 0.5) is 0 Å². The highest BCUT2D eigenvalue weighted by atomic mass is 16.5. The normalized spacial score (nSPS) is 9.47. The Kier molecular flexibility index (Phi) is 10.2. The third-order valence-electron chi connectivity index (χ3n) is 1.47. The molecule has 0 rings (SSSR count). The van der Waals surface area contributed by atoms with Crippen LogP contribution in [0.15, 0.2) is 0 Å². The minimum atomic E-state index is 0.436. The fraction of sp³-hybridized carbons (Fsp3) is 0.727. The van der Waals surface area contributed by atoms with Crippen LogP contribution < -0.4 is 4.90 Å². The highest BCUT2D eigenvalue weighted by Crippen LogP contribution is 1.81. The average molecular weight is 211 g/mol. The van der Waals surface area contributed by atoms with Crippen molar-refractivity contribution in [1.82, 2.24) is 0 Å². The van der Waals surface area contributed by atoms with Crippen molar-refractivity contribution in [2.45, 2.75) is 6.42 Å². The van der Waals surface area contributed by atoms with Gasteiger partial charge in [0.25, 0.3) is 0 Å². The zero-order chi connectivity index (χ0) is 11.4. The lowest BCUT2D eigenvalue weighted by Gasteiger charge is -2.01. The summed E-state index contributed by atoms with van der Waals surface area (Å²) in [5.74, 6) is 5.92. The first-order valence-corrected chi connectivity index (χ1v) is 5.04. The SMILES string of the molecule is C[NH+](C)CC#CCOCCOCCC#N. The van der Waals surface area contributed by atoms with Gasteiger partial charge in [0.15, 0.2) is 0 Å². The van der Waals surface area contributed by atoms with Gasteiger partial charge in [0.05, 0.1) is 46.4 Å². The summed E-state index contributed by atoms with van der Waals surface area (Å²) in [6.45, 7) is 2.84. The molecule has 0 aromatic carbocycles. The lowest BCUT2D eigenvalue weighted by atomic mass is 10.5. The third-order valence-corrected chi connectivity index (χ3v) is 1.47. The summed E-state index contributed by atoms with van der Waals surface area (Å²) >= 11 is 0. The van der Waals surface area contributed by atoms with Crippen molar-refractivity contribution in [3.63, 3.8) is 0 Å². The van der Waals surface area contributed by atoms with Crippen molar-refractivity contribution in [3.05, 3.63) is 0 Å². The molecule has 84 valence electrons. The van der Waals surface area contributed by atoms with Gasteiger partial charge in [-0.1, -0.05) is 5.92 Å². The molecule has 0 radical (unpaired) electrons. The number of ether oxygens (including phenoxy) is 2. The minimum absolute atomic E-state index is 0.436. The molecule has 0 spiro atoms. The van der Waals surface area contributed by atoms with E-state index in [0.29, 0.717) is 32.8 Å². The first-order valence-electron chi connectivity index (χ1n) is 5.04. The lowest BCUT2D eigenvalue weighted by Crippen LogP contribution is -3.05. The maximum atomic E-state index is 8.23. The van der Waals surface area contributed by atoms with Crippen molar-refractivity contribution in [3.8, 4) is 17.9 Å². The molecule has 0 aromatic heterocycles. The molecule has 0 unspecified atom stereocenters. The maximum absolute atomic E-state index is 8.23. The summed E-state index contributed by atoms with van der Waals surface area (Å²) in [6.07, 6.45) is 0.436. The monoisotopic (exact) mass is 211 g/mol. The van der Waals surface area contributed by atoms with Crippen LogP contribution in [0.2, 0.25) is 0 Å². The van der Waals surface area contributed by atoms with Gasteiger partial charge in [0, 0.05) is 0 Å². The summed E-state index contributed by atoms with van der Waals surface area (Å²) in [5, 5.41) is 8.23. The minimum Gasteiger partial charge on any atom is -0.378 e. The van der Waals surface area contributed by atoms with E-state index < -0.39 is 0 Å². The second kappa shape index (κ2) is 11.0. The Labute approximate surface area is 91.8 Å². The summed E-state index contributed by atoms with van der Waals surface area (Å²) in [4.78, 5) is 1.31. The molecule has 1 N–H and O–H groups in total. The summed E-state index contributed by atoms with van der Waals surface area (Å²) < 4.78 is 10.3. The van der Waals surface area contributed by atoms with Crippen molar-refractivity contribution in [2.24, 2.45) is 0 Å². The molecule has 15 heavy (non-hydrogen) atoms. The zero-order valence-corrected chi connectivity index (χ0v) is 9.51. The molecular formula is C11H19N2O2+. The zero-order valence-electron chi connectivity index (χ0n) is 9.51. The standard InChI is InChI=1S/C11H18N2O2/c1-13(2)7-3-4-8-14-10-11-15-9-5-6-12/h5,7-11H2,1-2H3/p+1. The first-order chi connectivity index (χ1) is 7.27. The van der Waals surface area contributed by atoms with Gasteiger partial charge in [-0.25, -0.2) is 0 Å². The molecule has 0 aliphatic carbocycles. The lowest BCUT2D eigenvalue weighted by molar-refractivity contribution is -0.850. The Balaban J connectivity index is 3.10. The Bertz CT molecular complexity index is 235. The van der Waals surface area contributed by atoms with E-state index in [1.807, 2.05) is 6.07 Å². The Hall–Kier alpha value is -1.07. The van der Waals surface area contributed by atoms with E-state index in [0.717, 1.165) is 6.54 Å². The van der Waals surface area contributed by atoms with Gasteiger partial charge in [0.2, 0.25) is 0 Å². The predicted molar refractivity (Wildman–Crippen MR) is 57.3 cm³/mol. The summed E-state index contributed by atoms with van der Waals surface area (Å²) in [7, 11) is 4.11. The van der Waals surface area contributed by atoms with Crippen LogP contribution in [0.1, 0.15) is 6.42 Å². The fourth-order valence-corrected chi connectivity index (χ4v) is 0.751. The molecule has 0 aromatic rings. The van der Waals surface area contributed by atoms with Gasteiger partial charge in [-0.3, -0.25) is 0 Å². The van der Waals surface area contributed by atoms with E-state index in [4.69, 9.17) is 14.7 Å². The molecular weight excluding hydrogens is 192 g/mol. The van der Waals surface area contributed by atoms with Crippen molar-refractivity contribution < 1.29 is 14.4 Å². The number of rotatable bonds is 7. The number of nitriles is 1. The van der Waals surface area contributed by atoms with Crippen LogP contribution in [0, 0.1) is 23.2 Å². The quantitative estimate of drug-likeness (QED) is 0.438. The summed E-state index contributed by atoms with van der Waals surface area (Å²) in [6, 6.07) is 2.01. The van der Waals surface area contributed by atoms with Gasteiger partial charge >= 0.3 is 0 Å². The first kappa shape index (κ1) is 13.9. The van der Waals surface area contributed by atoms with Crippen molar-refractivity contribution in [2.75, 3.05) is 47.1 Å². The average Bonchev–Trinajstić information content (AvgIpc) is 2.20. The van der Waals surface area contributed by atoms with Crippen molar-refractivity contribution >= 4 is 0 Å². The van der Waals surface area contributed by atoms with Crippen LogP contribution in [-0.2, 0) is 9.47 Å². The molecule has 0 amide bonds. The molecule has 0 aliphatic rings. The van der Waals surface area contributed by atoms with Gasteiger partial charge < -0.3 is 14.4 Å². The number of nitrogens with zero attached hydrogens (tertiary/aromatic N) is 1. The van der Waals surface area contributed by atoms with Crippen LogP contribution in [-0.4, -0.2) is 47.1 Å². The smallest absolute Gasteiger partial charge is 0.139 e. The van der Waals surface area contributed by atoms with E-state index in [9.17, 15) is 0 Å². The fourth-order valence-electron chi connectivity index (χ4n) is 0.751. The molecule has 0 atom stereocenters. The Morgan fingerprint density at radius 2 is 1.80 bits per heavy atom. The van der Waals surface area contributed by atoms with E-state index in [1.165, 1.54) is 4.90 Å².